The normalized spacial score (nSPS) is 12.4. The molecule has 0 spiro atoms. The van der Waals surface area contributed by atoms with Crippen LogP contribution in [0.4, 0.5) is 5.82 Å². The molecule has 1 aliphatic rings. The lowest BCUT2D eigenvalue weighted by Crippen LogP contribution is -2.19. The lowest BCUT2D eigenvalue weighted by atomic mass is 10.1. The number of benzene rings is 2. The van der Waals surface area contributed by atoms with Gasteiger partial charge in [0.2, 0.25) is 18.4 Å². The second-order valence-electron chi connectivity index (χ2n) is 7.67. The second-order valence-corrected chi connectivity index (χ2v) is 7.67. The van der Waals surface area contributed by atoms with Crippen molar-refractivity contribution in [2.45, 2.75) is 20.0 Å². The van der Waals surface area contributed by atoms with Gasteiger partial charge in [-0.15, -0.1) is 5.10 Å². The second kappa shape index (κ2) is 9.13. The quantitative estimate of drug-likeness (QED) is 0.298. The number of nitrogens with one attached hydrogen (secondary N) is 1. The highest BCUT2D eigenvalue weighted by Gasteiger charge is 2.26. The summed E-state index contributed by atoms with van der Waals surface area (Å²) in [7, 11) is 0. The average molecular weight is 476 g/mol. The standard InChI is InChI=1S/C22H20N8O5/c1-12(2)34-15-6-3-13(4-7-15)10-24-26-22(31)18-19(14-5-8-16-17(9-14)33-11-32-16)30(29-25-18)21-20(23)27-35-28-21/h3-10,12H,11H2,1-2H3,(H2,23,27)(H,26,31). The molecule has 0 fully saturated rings. The molecule has 3 heterocycles. The van der Waals surface area contributed by atoms with Gasteiger partial charge < -0.3 is 19.9 Å². The number of hydrazone groups is 1. The number of rotatable bonds is 7. The van der Waals surface area contributed by atoms with E-state index in [0.29, 0.717) is 17.1 Å². The van der Waals surface area contributed by atoms with E-state index < -0.39 is 5.91 Å². The van der Waals surface area contributed by atoms with Crippen LogP contribution in [0.25, 0.3) is 17.1 Å². The van der Waals surface area contributed by atoms with Crippen molar-refractivity contribution in [2.24, 2.45) is 5.10 Å². The van der Waals surface area contributed by atoms with Crippen molar-refractivity contribution >= 4 is 17.9 Å². The Balaban J connectivity index is 1.42. The molecule has 5 rings (SSSR count). The topological polar surface area (TPSA) is 165 Å². The first kappa shape index (κ1) is 21.9. The molecule has 35 heavy (non-hydrogen) atoms. The minimum atomic E-state index is -0.602. The molecule has 0 saturated heterocycles. The molecular weight excluding hydrogens is 456 g/mol. The predicted octanol–water partition coefficient (Wildman–Crippen LogP) is 2.18. The summed E-state index contributed by atoms with van der Waals surface area (Å²) in [5.41, 5.74) is 9.89. The predicted molar refractivity (Wildman–Crippen MR) is 122 cm³/mol. The van der Waals surface area contributed by atoms with E-state index in [2.05, 4.69) is 35.8 Å². The van der Waals surface area contributed by atoms with Gasteiger partial charge in [-0.05, 0) is 72.2 Å². The largest absolute Gasteiger partial charge is 0.491 e. The number of nitrogen functional groups attached to an aromatic ring is 1. The Labute approximate surface area is 198 Å². The van der Waals surface area contributed by atoms with E-state index in [9.17, 15) is 4.79 Å². The van der Waals surface area contributed by atoms with Crippen molar-refractivity contribution in [2.75, 3.05) is 12.5 Å². The van der Waals surface area contributed by atoms with Gasteiger partial charge in [0.15, 0.2) is 17.2 Å². The Kier molecular flexibility index (Phi) is 5.71. The summed E-state index contributed by atoms with van der Waals surface area (Å²) < 4.78 is 22.4. The van der Waals surface area contributed by atoms with Crippen LogP contribution in [0.3, 0.4) is 0 Å². The van der Waals surface area contributed by atoms with E-state index in [1.165, 1.54) is 10.9 Å². The zero-order chi connectivity index (χ0) is 24.4. The van der Waals surface area contributed by atoms with Crippen LogP contribution in [0.2, 0.25) is 0 Å². The van der Waals surface area contributed by atoms with Gasteiger partial charge in [-0.25, -0.2) is 10.1 Å². The van der Waals surface area contributed by atoms with Crippen LogP contribution in [0, 0.1) is 0 Å². The van der Waals surface area contributed by atoms with E-state index in [0.717, 1.165) is 11.3 Å². The maximum Gasteiger partial charge on any atom is 0.294 e. The van der Waals surface area contributed by atoms with Crippen molar-refractivity contribution in [1.29, 1.82) is 0 Å². The number of nitrogens with two attached hydrogens (primary N) is 1. The van der Waals surface area contributed by atoms with Gasteiger partial charge >= 0.3 is 0 Å². The van der Waals surface area contributed by atoms with E-state index in [4.69, 9.17) is 19.9 Å². The number of nitrogens with zero attached hydrogens (tertiary/aromatic N) is 6. The van der Waals surface area contributed by atoms with Crippen LogP contribution < -0.4 is 25.4 Å². The fourth-order valence-electron chi connectivity index (χ4n) is 3.35. The minimum absolute atomic E-state index is 0.0215. The molecule has 0 saturated carbocycles. The average Bonchev–Trinajstić information content (AvgIpc) is 3.58. The highest BCUT2D eigenvalue weighted by molar-refractivity contribution is 5.99. The fourth-order valence-corrected chi connectivity index (χ4v) is 3.35. The number of hydrogen-bond donors (Lipinski definition) is 2. The summed E-state index contributed by atoms with van der Waals surface area (Å²) in [6.45, 7) is 4.00. The summed E-state index contributed by atoms with van der Waals surface area (Å²) >= 11 is 0. The lowest BCUT2D eigenvalue weighted by molar-refractivity contribution is 0.0950. The van der Waals surface area contributed by atoms with E-state index in [1.807, 2.05) is 38.1 Å². The summed E-state index contributed by atoms with van der Waals surface area (Å²) in [5, 5.41) is 19.4. The SMILES string of the molecule is CC(C)Oc1ccc(C=NNC(=O)c2nnn(-c3nonc3N)c2-c2ccc3c(c2)OCO3)cc1. The fraction of sp³-hybridized carbons (Fsp3) is 0.182. The Morgan fingerprint density at radius 1 is 1.17 bits per heavy atom. The molecule has 4 aromatic rings. The number of hydrogen-bond acceptors (Lipinski definition) is 11. The first-order chi connectivity index (χ1) is 17.0. The molecule has 1 aliphatic heterocycles. The summed E-state index contributed by atoms with van der Waals surface area (Å²) in [6, 6.07) is 12.4. The molecule has 0 radical (unpaired) electrons. The first-order valence-corrected chi connectivity index (χ1v) is 10.5. The molecule has 13 heteroatoms. The highest BCUT2D eigenvalue weighted by atomic mass is 16.7. The number of carbonyl (C=O) groups excluding carboxylic acids is 1. The third-order valence-electron chi connectivity index (χ3n) is 4.86. The Hall–Kier alpha value is -4.94. The molecule has 0 bridgehead atoms. The number of carbonyl (C=O) groups is 1. The molecule has 2 aromatic carbocycles. The van der Waals surface area contributed by atoms with Gasteiger partial charge in [0.25, 0.3) is 5.91 Å². The van der Waals surface area contributed by atoms with Crippen LogP contribution in [0.1, 0.15) is 29.9 Å². The Morgan fingerprint density at radius 3 is 2.71 bits per heavy atom. The number of anilines is 1. The van der Waals surface area contributed by atoms with Gasteiger partial charge in [-0.2, -0.15) is 9.78 Å². The van der Waals surface area contributed by atoms with Crippen LogP contribution in [-0.4, -0.2) is 50.3 Å². The molecule has 0 atom stereocenters. The maximum atomic E-state index is 13.0. The van der Waals surface area contributed by atoms with Gasteiger partial charge in [0.1, 0.15) is 11.4 Å². The third kappa shape index (κ3) is 4.46. The number of aromatic nitrogens is 5. The van der Waals surface area contributed by atoms with Crippen LogP contribution >= 0.6 is 0 Å². The van der Waals surface area contributed by atoms with Gasteiger partial charge in [0, 0.05) is 5.56 Å². The molecule has 0 unspecified atom stereocenters. The monoisotopic (exact) mass is 476 g/mol. The van der Waals surface area contributed by atoms with Crippen LogP contribution in [-0.2, 0) is 0 Å². The summed E-state index contributed by atoms with van der Waals surface area (Å²) in [6.07, 6.45) is 1.57. The summed E-state index contributed by atoms with van der Waals surface area (Å²) in [4.78, 5) is 13.0. The lowest BCUT2D eigenvalue weighted by Gasteiger charge is -2.09. The minimum Gasteiger partial charge on any atom is -0.491 e. The zero-order valence-electron chi connectivity index (χ0n) is 18.7. The zero-order valence-corrected chi connectivity index (χ0v) is 18.7. The van der Waals surface area contributed by atoms with Gasteiger partial charge in [-0.3, -0.25) is 4.79 Å². The molecule has 178 valence electrons. The third-order valence-corrected chi connectivity index (χ3v) is 4.86. The van der Waals surface area contributed by atoms with Crippen LogP contribution in [0.5, 0.6) is 17.2 Å². The van der Waals surface area contributed by atoms with E-state index >= 15 is 0 Å². The van der Waals surface area contributed by atoms with E-state index in [-0.39, 0.29) is 35.9 Å². The Morgan fingerprint density at radius 2 is 1.97 bits per heavy atom. The first-order valence-electron chi connectivity index (χ1n) is 10.5. The van der Waals surface area contributed by atoms with Crippen molar-refractivity contribution in [3.8, 4) is 34.3 Å². The molecule has 13 nitrogen and oxygen atoms in total. The summed E-state index contributed by atoms with van der Waals surface area (Å²) in [5.74, 6) is 1.29. The highest BCUT2D eigenvalue weighted by Crippen LogP contribution is 2.37. The van der Waals surface area contributed by atoms with Crippen LogP contribution in [0.15, 0.2) is 52.2 Å². The van der Waals surface area contributed by atoms with Crippen molar-refractivity contribution in [1.82, 2.24) is 30.7 Å². The maximum absolute atomic E-state index is 13.0. The molecule has 2 aromatic heterocycles. The van der Waals surface area contributed by atoms with Crippen molar-refractivity contribution < 1.29 is 23.6 Å². The molecule has 0 aliphatic carbocycles. The number of fused-ring (bicyclic) bond motifs is 1. The number of ether oxygens (including phenoxy) is 3. The van der Waals surface area contributed by atoms with Gasteiger partial charge in [-0.1, -0.05) is 5.21 Å². The Bertz CT molecular complexity index is 1390. The molecule has 1 amide bonds. The molecular formula is C22H20N8O5. The number of amides is 1. The van der Waals surface area contributed by atoms with Crippen molar-refractivity contribution in [3.05, 3.63) is 53.7 Å². The van der Waals surface area contributed by atoms with E-state index in [1.54, 1.807) is 18.2 Å². The van der Waals surface area contributed by atoms with Crippen molar-refractivity contribution in [3.63, 3.8) is 0 Å². The smallest absolute Gasteiger partial charge is 0.294 e. The van der Waals surface area contributed by atoms with Gasteiger partial charge in [0.05, 0.1) is 12.3 Å². The molecule has 3 N–H and O–H groups in total.